The number of hydrogen-bond acceptors (Lipinski definition) is 0. The second kappa shape index (κ2) is 3.09. The minimum atomic E-state index is 0.856. The molecule has 0 atom stereocenters. The van der Waals surface area contributed by atoms with Gasteiger partial charge in [-0.25, -0.2) is 0 Å². The predicted octanol–water partition coefficient (Wildman–Crippen LogP) is 2.24. The maximum absolute atomic E-state index is 5.78. The van der Waals surface area contributed by atoms with Crippen LogP contribution in [0.25, 0.3) is 10.8 Å². The van der Waals surface area contributed by atoms with Gasteiger partial charge in [0.15, 0.2) is 0 Å². The largest absolute Gasteiger partial charge is 0.115 e. The van der Waals surface area contributed by atoms with E-state index in [1.165, 1.54) is 10.8 Å². The van der Waals surface area contributed by atoms with Crippen molar-refractivity contribution in [2.24, 2.45) is 0 Å². The van der Waals surface area contributed by atoms with Gasteiger partial charge in [0.05, 0.1) is 0 Å². The molecule has 0 spiro atoms. The summed E-state index contributed by atoms with van der Waals surface area (Å²) in [6, 6.07) is 12.3. The molecular weight excluding hydrogens is 258 g/mol. The Hall–Kier alpha value is -0.505. The number of halogens is 1. The van der Waals surface area contributed by atoms with E-state index in [0.717, 1.165) is 9.03 Å². The van der Waals surface area contributed by atoms with Gasteiger partial charge in [-0.2, -0.15) is 0 Å². The first-order chi connectivity index (χ1) is 5.77. The Balaban J connectivity index is 2.84. The van der Waals surface area contributed by atoms with Crippen molar-refractivity contribution in [3.63, 3.8) is 0 Å². The van der Waals surface area contributed by atoms with Gasteiger partial charge in [0.25, 0.3) is 0 Å². The van der Waals surface area contributed by atoms with Crippen molar-refractivity contribution >= 4 is 46.7 Å². The van der Waals surface area contributed by atoms with Crippen LogP contribution in [-0.2, 0) is 0 Å². The van der Waals surface area contributed by atoms with E-state index in [4.69, 9.17) is 7.85 Å². The van der Waals surface area contributed by atoms with Gasteiger partial charge in [0.2, 0.25) is 0 Å². The van der Waals surface area contributed by atoms with Crippen molar-refractivity contribution < 1.29 is 0 Å². The lowest BCUT2D eigenvalue weighted by atomic mass is 9.93. The molecule has 2 heteroatoms. The molecule has 0 aliphatic heterocycles. The van der Waals surface area contributed by atoms with Crippen LogP contribution in [0.4, 0.5) is 0 Å². The quantitative estimate of drug-likeness (QED) is 0.505. The standard InChI is InChI=1S/C10H6BI/c11-9-5-7-3-1-2-4-8(7)6-10(9)12/h1-6H. The van der Waals surface area contributed by atoms with Gasteiger partial charge in [-0.15, -0.1) is 0 Å². The summed E-state index contributed by atoms with van der Waals surface area (Å²) in [5.41, 5.74) is 0.856. The summed E-state index contributed by atoms with van der Waals surface area (Å²) in [7, 11) is 5.78. The molecule has 0 nitrogen and oxygen atoms in total. The van der Waals surface area contributed by atoms with Crippen LogP contribution < -0.4 is 5.46 Å². The lowest BCUT2D eigenvalue weighted by Gasteiger charge is -2.01. The van der Waals surface area contributed by atoms with Gasteiger partial charge in [-0.1, -0.05) is 35.8 Å². The van der Waals surface area contributed by atoms with Crippen molar-refractivity contribution in [2.45, 2.75) is 0 Å². The van der Waals surface area contributed by atoms with Crippen molar-refractivity contribution in [3.05, 3.63) is 40.0 Å². The second-order valence-electron chi connectivity index (χ2n) is 2.72. The third-order valence-corrected chi connectivity index (χ3v) is 2.80. The molecule has 2 radical (unpaired) electrons. The average molecular weight is 264 g/mol. The molecule has 0 bridgehead atoms. The highest BCUT2D eigenvalue weighted by atomic mass is 127. The third-order valence-electron chi connectivity index (χ3n) is 1.87. The summed E-state index contributed by atoms with van der Waals surface area (Å²) in [5.74, 6) is 0. The zero-order valence-electron chi connectivity index (χ0n) is 6.42. The smallest absolute Gasteiger partial charge is 0.0829 e. The summed E-state index contributed by atoms with van der Waals surface area (Å²) < 4.78 is 1.12. The normalized spacial score (nSPS) is 10.4. The van der Waals surface area contributed by atoms with Crippen molar-refractivity contribution in [1.82, 2.24) is 0 Å². The minimum Gasteiger partial charge on any atom is -0.0829 e. The molecule has 0 aromatic heterocycles. The summed E-state index contributed by atoms with van der Waals surface area (Å²) in [6.45, 7) is 0. The van der Waals surface area contributed by atoms with Crippen LogP contribution in [0.2, 0.25) is 0 Å². The van der Waals surface area contributed by atoms with Crippen LogP contribution in [0.1, 0.15) is 0 Å². The van der Waals surface area contributed by atoms with E-state index in [-0.39, 0.29) is 0 Å². The maximum Gasteiger partial charge on any atom is 0.115 e. The topological polar surface area (TPSA) is 0 Å². The van der Waals surface area contributed by atoms with Crippen LogP contribution in [0.5, 0.6) is 0 Å². The number of hydrogen-bond donors (Lipinski definition) is 0. The van der Waals surface area contributed by atoms with Gasteiger partial charge < -0.3 is 0 Å². The Morgan fingerprint density at radius 3 is 2.25 bits per heavy atom. The molecule has 12 heavy (non-hydrogen) atoms. The first kappa shape index (κ1) is 8.11. The number of benzene rings is 2. The third kappa shape index (κ3) is 1.35. The zero-order valence-corrected chi connectivity index (χ0v) is 8.58. The van der Waals surface area contributed by atoms with Crippen LogP contribution >= 0.6 is 22.6 Å². The first-order valence-electron chi connectivity index (χ1n) is 3.71. The summed E-state index contributed by atoms with van der Waals surface area (Å²) >= 11 is 2.25. The fraction of sp³-hybridized carbons (Fsp3) is 0. The summed E-state index contributed by atoms with van der Waals surface area (Å²) in [6.07, 6.45) is 0. The Labute approximate surface area is 86.5 Å². The van der Waals surface area contributed by atoms with Crippen molar-refractivity contribution in [1.29, 1.82) is 0 Å². The Morgan fingerprint density at radius 1 is 1.00 bits per heavy atom. The Kier molecular flexibility index (Phi) is 2.09. The van der Waals surface area contributed by atoms with Crippen LogP contribution in [0.15, 0.2) is 36.4 Å². The van der Waals surface area contributed by atoms with E-state index in [1.807, 2.05) is 18.2 Å². The highest BCUT2D eigenvalue weighted by Crippen LogP contribution is 2.14. The summed E-state index contributed by atoms with van der Waals surface area (Å²) in [5, 5.41) is 2.45. The fourth-order valence-corrected chi connectivity index (χ4v) is 1.72. The van der Waals surface area contributed by atoms with E-state index >= 15 is 0 Å². The molecular formula is C10H6BI. The van der Waals surface area contributed by atoms with Gasteiger partial charge in [-0.3, -0.25) is 0 Å². The maximum atomic E-state index is 5.78. The molecule has 0 amide bonds. The molecule has 56 valence electrons. The molecule has 0 saturated carbocycles. The first-order valence-corrected chi connectivity index (χ1v) is 4.79. The lowest BCUT2D eigenvalue weighted by Crippen LogP contribution is -2.05. The molecule has 0 saturated heterocycles. The second-order valence-corrected chi connectivity index (χ2v) is 3.88. The number of fused-ring (bicyclic) bond motifs is 1. The van der Waals surface area contributed by atoms with Gasteiger partial charge in [-0.05, 0) is 39.4 Å². The fourth-order valence-electron chi connectivity index (χ4n) is 1.23. The Morgan fingerprint density at radius 2 is 1.58 bits per heavy atom. The van der Waals surface area contributed by atoms with E-state index in [1.54, 1.807) is 0 Å². The molecule has 0 heterocycles. The highest BCUT2D eigenvalue weighted by Gasteiger charge is 1.96. The number of rotatable bonds is 0. The molecule has 0 unspecified atom stereocenters. The average Bonchev–Trinajstić information content (AvgIpc) is 2.07. The Bertz CT molecular complexity index is 383. The molecule has 2 aromatic carbocycles. The monoisotopic (exact) mass is 264 g/mol. The van der Waals surface area contributed by atoms with E-state index in [0.29, 0.717) is 0 Å². The molecule has 0 fully saturated rings. The SMILES string of the molecule is [B]c1cc2ccccc2cc1I. The van der Waals surface area contributed by atoms with Crippen LogP contribution in [0, 0.1) is 3.57 Å². The van der Waals surface area contributed by atoms with Gasteiger partial charge >= 0.3 is 0 Å². The van der Waals surface area contributed by atoms with E-state index < -0.39 is 0 Å². The van der Waals surface area contributed by atoms with Crippen LogP contribution in [-0.4, -0.2) is 7.85 Å². The molecule has 0 aliphatic rings. The minimum absolute atomic E-state index is 0.856. The van der Waals surface area contributed by atoms with Crippen molar-refractivity contribution in [3.8, 4) is 0 Å². The van der Waals surface area contributed by atoms with E-state index in [9.17, 15) is 0 Å². The molecule has 2 aromatic rings. The highest BCUT2D eigenvalue weighted by molar-refractivity contribution is 14.1. The predicted molar refractivity (Wildman–Crippen MR) is 62.1 cm³/mol. The molecule has 0 N–H and O–H groups in total. The zero-order chi connectivity index (χ0) is 8.55. The van der Waals surface area contributed by atoms with Gasteiger partial charge in [0, 0.05) is 3.57 Å². The summed E-state index contributed by atoms with van der Waals surface area (Å²) in [4.78, 5) is 0. The molecule has 2 rings (SSSR count). The van der Waals surface area contributed by atoms with Crippen LogP contribution in [0.3, 0.4) is 0 Å². The molecule has 0 aliphatic carbocycles. The lowest BCUT2D eigenvalue weighted by molar-refractivity contribution is 1.75. The van der Waals surface area contributed by atoms with Gasteiger partial charge in [0.1, 0.15) is 7.85 Å². The van der Waals surface area contributed by atoms with E-state index in [2.05, 4.69) is 40.8 Å². The van der Waals surface area contributed by atoms with Crippen molar-refractivity contribution in [2.75, 3.05) is 0 Å².